The quantitative estimate of drug-likeness (QED) is 0.339. The average Bonchev–Trinajstić information content (AvgIpc) is 3.30. The summed E-state index contributed by atoms with van der Waals surface area (Å²) in [6.45, 7) is 5.46. The molecule has 0 saturated carbocycles. The Morgan fingerprint density at radius 1 is 1.06 bits per heavy atom. The van der Waals surface area contributed by atoms with Gasteiger partial charge in [-0.25, -0.2) is 14.4 Å². The van der Waals surface area contributed by atoms with Crippen molar-refractivity contribution in [1.29, 1.82) is 0 Å². The summed E-state index contributed by atoms with van der Waals surface area (Å²) in [5.41, 5.74) is 3.28. The second kappa shape index (κ2) is 9.48. The van der Waals surface area contributed by atoms with Gasteiger partial charge < -0.3 is 19.2 Å². The second-order valence-corrected chi connectivity index (χ2v) is 8.61. The molecule has 7 heteroatoms. The summed E-state index contributed by atoms with van der Waals surface area (Å²) in [5.74, 6) is -0.560. The molecule has 3 aromatic rings. The van der Waals surface area contributed by atoms with Crippen molar-refractivity contribution in [1.82, 2.24) is 5.32 Å². The van der Waals surface area contributed by atoms with E-state index in [-0.39, 0.29) is 18.2 Å². The van der Waals surface area contributed by atoms with Crippen LogP contribution < -0.4 is 15.7 Å². The SMILES string of the molecule is Cc1c(OC(=O)[C@@H](NC(=O)OCc2ccccc2)C(C)C)ccc2c3c(c(=O)oc12)CCC3. The molecule has 1 N–H and O–H groups in total. The molecule has 0 aliphatic heterocycles. The number of esters is 1. The molecule has 0 unspecified atom stereocenters. The van der Waals surface area contributed by atoms with E-state index in [4.69, 9.17) is 13.9 Å². The molecule has 0 bridgehead atoms. The monoisotopic (exact) mass is 449 g/mol. The third kappa shape index (κ3) is 4.77. The van der Waals surface area contributed by atoms with Crippen LogP contribution in [0.3, 0.4) is 0 Å². The van der Waals surface area contributed by atoms with Crippen LogP contribution in [0.5, 0.6) is 5.75 Å². The lowest BCUT2D eigenvalue weighted by molar-refractivity contribution is -0.137. The van der Waals surface area contributed by atoms with Crippen molar-refractivity contribution in [3.05, 3.63) is 75.1 Å². The van der Waals surface area contributed by atoms with Crippen molar-refractivity contribution < 1.29 is 23.5 Å². The van der Waals surface area contributed by atoms with E-state index in [2.05, 4.69) is 5.32 Å². The smallest absolute Gasteiger partial charge is 0.408 e. The summed E-state index contributed by atoms with van der Waals surface area (Å²) in [4.78, 5) is 37.6. The molecule has 1 aliphatic rings. The molecule has 1 amide bonds. The summed E-state index contributed by atoms with van der Waals surface area (Å²) in [7, 11) is 0. The number of ether oxygens (including phenoxy) is 2. The van der Waals surface area contributed by atoms with Gasteiger partial charge in [-0.1, -0.05) is 44.2 Å². The molecule has 1 atom stereocenters. The summed E-state index contributed by atoms with van der Waals surface area (Å²) in [6, 6.07) is 11.9. The van der Waals surface area contributed by atoms with Crippen LogP contribution in [0.25, 0.3) is 11.0 Å². The van der Waals surface area contributed by atoms with Crippen LogP contribution in [0, 0.1) is 12.8 Å². The summed E-state index contributed by atoms with van der Waals surface area (Å²) < 4.78 is 16.4. The summed E-state index contributed by atoms with van der Waals surface area (Å²) in [5, 5.41) is 3.47. The molecule has 2 aromatic carbocycles. The van der Waals surface area contributed by atoms with Crippen molar-refractivity contribution in [3.8, 4) is 5.75 Å². The largest absolute Gasteiger partial charge is 0.445 e. The van der Waals surface area contributed by atoms with Crippen molar-refractivity contribution in [3.63, 3.8) is 0 Å². The topological polar surface area (TPSA) is 94.8 Å². The normalized spacial score (nSPS) is 13.6. The molecule has 1 aromatic heterocycles. The molecule has 0 fully saturated rings. The third-order valence-electron chi connectivity index (χ3n) is 5.96. The first-order valence-corrected chi connectivity index (χ1v) is 11.1. The molecule has 7 nitrogen and oxygen atoms in total. The van der Waals surface area contributed by atoms with Gasteiger partial charge in [0.15, 0.2) is 0 Å². The number of carbonyl (C=O) groups excluding carboxylic acids is 2. The number of aryl methyl sites for hydroxylation is 2. The van der Waals surface area contributed by atoms with Crippen molar-refractivity contribution in [2.75, 3.05) is 0 Å². The second-order valence-electron chi connectivity index (χ2n) is 8.61. The van der Waals surface area contributed by atoms with Crippen molar-refractivity contribution >= 4 is 23.0 Å². The number of nitrogens with one attached hydrogen (secondary N) is 1. The Hall–Kier alpha value is -3.61. The van der Waals surface area contributed by atoms with Gasteiger partial charge in [0.05, 0.1) is 0 Å². The van der Waals surface area contributed by atoms with Gasteiger partial charge in [0.25, 0.3) is 0 Å². The van der Waals surface area contributed by atoms with Crippen LogP contribution in [0.1, 0.15) is 42.5 Å². The molecule has 172 valence electrons. The molecule has 0 saturated heterocycles. The van der Waals surface area contributed by atoms with Crippen molar-refractivity contribution in [2.45, 2.75) is 52.7 Å². The van der Waals surface area contributed by atoms with E-state index in [1.165, 1.54) is 0 Å². The Balaban J connectivity index is 1.49. The van der Waals surface area contributed by atoms with E-state index < -0.39 is 18.1 Å². The van der Waals surface area contributed by atoms with Crippen LogP contribution in [0.4, 0.5) is 4.79 Å². The minimum absolute atomic E-state index is 0.0969. The molecular formula is C26H27NO6. The number of benzene rings is 2. The first kappa shape index (κ1) is 22.6. The predicted molar refractivity (Wildman–Crippen MR) is 123 cm³/mol. The number of fused-ring (bicyclic) bond motifs is 3. The predicted octanol–water partition coefficient (Wildman–Crippen LogP) is 4.45. The fourth-order valence-corrected chi connectivity index (χ4v) is 4.14. The molecule has 0 radical (unpaired) electrons. The van der Waals surface area contributed by atoms with E-state index in [9.17, 15) is 14.4 Å². The number of amides is 1. The highest BCUT2D eigenvalue weighted by molar-refractivity contribution is 5.88. The average molecular weight is 450 g/mol. The van der Waals surface area contributed by atoms with Crippen LogP contribution in [0.2, 0.25) is 0 Å². The Kier molecular flexibility index (Phi) is 6.49. The fraction of sp³-hybridized carbons (Fsp3) is 0.346. The minimum atomic E-state index is -0.907. The van der Waals surface area contributed by atoms with Gasteiger partial charge in [-0.3, -0.25) is 0 Å². The lowest BCUT2D eigenvalue weighted by Gasteiger charge is -2.21. The number of alkyl carbamates (subject to hydrolysis) is 1. The van der Waals surface area contributed by atoms with Crippen LogP contribution in [-0.4, -0.2) is 18.1 Å². The lowest BCUT2D eigenvalue weighted by atomic mass is 10.0. The Bertz CT molecular complexity index is 1250. The lowest BCUT2D eigenvalue weighted by Crippen LogP contribution is -2.46. The molecule has 1 aliphatic carbocycles. The molecule has 4 rings (SSSR count). The van der Waals surface area contributed by atoms with E-state index in [0.29, 0.717) is 16.9 Å². The van der Waals surface area contributed by atoms with Gasteiger partial charge in [-0.15, -0.1) is 0 Å². The number of hydrogen-bond acceptors (Lipinski definition) is 6. The molecule has 1 heterocycles. The molecular weight excluding hydrogens is 422 g/mol. The molecule has 33 heavy (non-hydrogen) atoms. The first-order valence-electron chi connectivity index (χ1n) is 11.1. The van der Waals surface area contributed by atoms with E-state index in [0.717, 1.165) is 41.3 Å². The highest BCUT2D eigenvalue weighted by Gasteiger charge is 2.28. The summed E-state index contributed by atoms with van der Waals surface area (Å²) in [6.07, 6.45) is 1.79. The zero-order valence-electron chi connectivity index (χ0n) is 19.0. The first-order chi connectivity index (χ1) is 15.8. The van der Waals surface area contributed by atoms with E-state index >= 15 is 0 Å². The van der Waals surface area contributed by atoms with Gasteiger partial charge in [-0.2, -0.15) is 0 Å². The standard InChI is InChI=1S/C26H27NO6/c1-15(2)22(27-26(30)31-14-17-8-5-4-6-9-17)25(29)32-21-13-12-19-18-10-7-11-20(18)24(28)33-23(19)16(21)3/h4-6,8-9,12-13,15,22H,7,10-11,14H2,1-3H3,(H,27,30)/t22-/m0/s1. The number of carbonyl (C=O) groups is 2. The summed E-state index contributed by atoms with van der Waals surface area (Å²) >= 11 is 0. The van der Waals surface area contributed by atoms with Gasteiger partial charge in [0.2, 0.25) is 0 Å². The van der Waals surface area contributed by atoms with E-state index in [1.807, 2.05) is 36.4 Å². The van der Waals surface area contributed by atoms with Gasteiger partial charge >= 0.3 is 17.7 Å². The Morgan fingerprint density at radius 2 is 1.79 bits per heavy atom. The highest BCUT2D eigenvalue weighted by atomic mass is 16.6. The minimum Gasteiger partial charge on any atom is -0.445 e. The third-order valence-corrected chi connectivity index (χ3v) is 5.96. The zero-order valence-corrected chi connectivity index (χ0v) is 19.0. The zero-order chi connectivity index (χ0) is 23.5. The van der Waals surface area contributed by atoms with Gasteiger partial charge in [-0.05, 0) is 55.4 Å². The highest BCUT2D eigenvalue weighted by Crippen LogP contribution is 2.33. The maximum Gasteiger partial charge on any atom is 0.408 e. The van der Waals surface area contributed by atoms with Crippen LogP contribution in [-0.2, 0) is 29.0 Å². The number of rotatable bonds is 6. The maximum absolute atomic E-state index is 12.9. The Morgan fingerprint density at radius 3 is 2.52 bits per heavy atom. The van der Waals surface area contributed by atoms with Gasteiger partial charge in [0.1, 0.15) is 24.0 Å². The fourth-order valence-electron chi connectivity index (χ4n) is 4.14. The van der Waals surface area contributed by atoms with Crippen LogP contribution >= 0.6 is 0 Å². The maximum atomic E-state index is 12.9. The molecule has 0 spiro atoms. The van der Waals surface area contributed by atoms with E-state index in [1.54, 1.807) is 26.8 Å². The van der Waals surface area contributed by atoms with Gasteiger partial charge in [0, 0.05) is 16.5 Å². The van der Waals surface area contributed by atoms with Crippen molar-refractivity contribution in [2.24, 2.45) is 5.92 Å². The number of hydrogen-bond donors (Lipinski definition) is 1. The van der Waals surface area contributed by atoms with Crippen LogP contribution in [0.15, 0.2) is 51.7 Å². The Labute approximate surface area is 191 Å².